The van der Waals surface area contributed by atoms with E-state index >= 15 is 0 Å². The minimum atomic E-state index is -1.23. The van der Waals surface area contributed by atoms with Crippen LogP contribution in [0.1, 0.15) is 6.92 Å². The Morgan fingerprint density at radius 1 is 1.09 bits per heavy atom. The van der Waals surface area contributed by atoms with Crippen molar-refractivity contribution in [1.29, 1.82) is 0 Å². The van der Waals surface area contributed by atoms with Gasteiger partial charge in [-0.05, 0) is 31.2 Å². The number of nitrogens with one attached hydrogen (secondary N) is 3. The van der Waals surface area contributed by atoms with Crippen molar-refractivity contribution in [2.45, 2.75) is 16.6 Å². The van der Waals surface area contributed by atoms with Gasteiger partial charge < -0.3 is 5.32 Å². The molecule has 1 aliphatic rings. The monoisotopic (exact) mass is 313 g/mol. The Labute approximate surface area is 132 Å². The highest BCUT2D eigenvalue weighted by molar-refractivity contribution is 8.02. The smallest absolute Gasteiger partial charge is 0.264 e. The van der Waals surface area contributed by atoms with E-state index < -0.39 is 10.7 Å². The predicted octanol–water partition coefficient (Wildman–Crippen LogP) is 2.63. The van der Waals surface area contributed by atoms with Gasteiger partial charge in [0.25, 0.3) is 5.91 Å². The van der Waals surface area contributed by atoms with Gasteiger partial charge >= 0.3 is 0 Å². The molecular formula is C16H15N3O2S. The Bertz CT molecular complexity index is 720. The molecule has 0 bridgehead atoms. The third kappa shape index (κ3) is 2.65. The SMILES string of the molecule is CC1(C(=O)NNc2ccccc2)Sc2ccccc2NC1=O. The molecule has 0 aromatic heterocycles. The number of rotatable bonds is 3. The molecule has 0 radical (unpaired) electrons. The van der Waals surface area contributed by atoms with Gasteiger partial charge in [0, 0.05) is 4.90 Å². The maximum Gasteiger partial charge on any atom is 0.264 e. The van der Waals surface area contributed by atoms with E-state index in [1.54, 1.807) is 6.92 Å². The third-order valence-corrected chi connectivity index (χ3v) is 4.77. The van der Waals surface area contributed by atoms with Crippen LogP contribution >= 0.6 is 11.8 Å². The molecule has 5 nitrogen and oxygen atoms in total. The number of hydrogen-bond acceptors (Lipinski definition) is 4. The van der Waals surface area contributed by atoms with Crippen LogP contribution in [-0.2, 0) is 9.59 Å². The van der Waals surface area contributed by atoms with E-state index in [0.29, 0.717) is 0 Å². The molecule has 1 aliphatic heterocycles. The summed E-state index contributed by atoms with van der Waals surface area (Å²) in [7, 11) is 0. The summed E-state index contributed by atoms with van der Waals surface area (Å²) in [5.74, 6) is -0.725. The van der Waals surface area contributed by atoms with E-state index in [-0.39, 0.29) is 5.91 Å². The van der Waals surface area contributed by atoms with Gasteiger partial charge in [-0.3, -0.25) is 20.4 Å². The zero-order valence-corrected chi connectivity index (χ0v) is 12.7. The van der Waals surface area contributed by atoms with Crippen molar-refractivity contribution in [3.63, 3.8) is 0 Å². The summed E-state index contributed by atoms with van der Waals surface area (Å²) >= 11 is 1.25. The van der Waals surface area contributed by atoms with Gasteiger partial charge in [-0.25, -0.2) is 0 Å². The lowest BCUT2D eigenvalue weighted by Gasteiger charge is -2.31. The second-order valence-corrected chi connectivity index (χ2v) is 6.49. The summed E-state index contributed by atoms with van der Waals surface area (Å²) in [5, 5.41) is 2.78. The summed E-state index contributed by atoms with van der Waals surface area (Å²) in [6, 6.07) is 16.7. The Morgan fingerprint density at radius 3 is 2.55 bits per heavy atom. The molecule has 1 unspecified atom stereocenters. The lowest BCUT2D eigenvalue weighted by molar-refractivity contribution is -0.129. The highest BCUT2D eigenvalue weighted by Crippen LogP contribution is 2.42. The van der Waals surface area contributed by atoms with E-state index in [4.69, 9.17) is 0 Å². The van der Waals surface area contributed by atoms with Crippen LogP contribution in [0.4, 0.5) is 11.4 Å². The molecule has 0 saturated carbocycles. The van der Waals surface area contributed by atoms with Crippen LogP contribution in [0.3, 0.4) is 0 Å². The molecule has 2 aromatic carbocycles. The second kappa shape index (κ2) is 5.73. The summed E-state index contributed by atoms with van der Waals surface area (Å²) in [6.45, 7) is 1.62. The van der Waals surface area contributed by atoms with E-state index in [9.17, 15) is 9.59 Å². The average Bonchev–Trinajstić information content (AvgIpc) is 2.54. The fourth-order valence-corrected chi connectivity index (χ4v) is 3.19. The van der Waals surface area contributed by atoms with Crippen molar-refractivity contribution in [2.24, 2.45) is 0 Å². The van der Waals surface area contributed by atoms with Crippen LogP contribution in [0.2, 0.25) is 0 Å². The number of carbonyl (C=O) groups excluding carboxylic acids is 2. The van der Waals surface area contributed by atoms with E-state index in [1.165, 1.54) is 11.8 Å². The molecule has 0 spiro atoms. The van der Waals surface area contributed by atoms with E-state index in [0.717, 1.165) is 16.3 Å². The molecular weight excluding hydrogens is 298 g/mol. The fraction of sp³-hybridized carbons (Fsp3) is 0.125. The number of benzene rings is 2. The van der Waals surface area contributed by atoms with Crippen molar-refractivity contribution < 1.29 is 9.59 Å². The number of amides is 2. The van der Waals surface area contributed by atoms with Gasteiger partial charge in [0.2, 0.25) is 5.91 Å². The van der Waals surface area contributed by atoms with Gasteiger partial charge in [0.1, 0.15) is 0 Å². The van der Waals surface area contributed by atoms with E-state index in [2.05, 4.69) is 16.2 Å². The molecule has 1 atom stereocenters. The Balaban J connectivity index is 1.75. The maximum atomic E-state index is 12.5. The van der Waals surface area contributed by atoms with Crippen molar-refractivity contribution in [1.82, 2.24) is 5.43 Å². The highest BCUT2D eigenvalue weighted by atomic mass is 32.2. The molecule has 3 N–H and O–H groups in total. The van der Waals surface area contributed by atoms with Crippen LogP contribution in [0.15, 0.2) is 59.5 Å². The van der Waals surface area contributed by atoms with Crippen molar-refractivity contribution in [3.8, 4) is 0 Å². The molecule has 2 aromatic rings. The quantitative estimate of drug-likeness (QED) is 0.602. The lowest BCUT2D eigenvalue weighted by atomic mass is 10.1. The van der Waals surface area contributed by atoms with Gasteiger partial charge in [-0.15, -0.1) is 0 Å². The summed E-state index contributed by atoms with van der Waals surface area (Å²) in [5.41, 5.74) is 6.90. The molecule has 0 aliphatic carbocycles. The fourth-order valence-electron chi connectivity index (χ4n) is 2.09. The largest absolute Gasteiger partial charge is 0.323 e. The van der Waals surface area contributed by atoms with Gasteiger partial charge in [0.15, 0.2) is 4.75 Å². The molecule has 1 heterocycles. The standard InChI is InChI=1S/C16H15N3O2S/c1-16(15(21)19-18-11-7-3-2-4-8-11)14(20)17-12-9-5-6-10-13(12)22-16/h2-10,18H,1H3,(H,17,20)(H,19,21). The summed E-state index contributed by atoms with van der Waals surface area (Å²) in [4.78, 5) is 25.6. The lowest BCUT2D eigenvalue weighted by Crippen LogP contribution is -2.53. The van der Waals surface area contributed by atoms with Gasteiger partial charge in [-0.1, -0.05) is 42.1 Å². The summed E-state index contributed by atoms with van der Waals surface area (Å²) < 4.78 is -1.23. The second-order valence-electron chi connectivity index (χ2n) is 5.03. The number of thioether (sulfide) groups is 1. The van der Waals surface area contributed by atoms with Crippen molar-refractivity contribution in [2.75, 3.05) is 10.7 Å². The molecule has 3 rings (SSSR count). The van der Waals surface area contributed by atoms with Gasteiger partial charge in [0.05, 0.1) is 11.4 Å². The van der Waals surface area contributed by atoms with Crippen LogP contribution in [-0.4, -0.2) is 16.6 Å². The van der Waals surface area contributed by atoms with Crippen LogP contribution in [0.5, 0.6) is 0 Å². The third-order valence-electron chi connectivity index (χ3n) is 3.41. The average molecular weight is 313 g/mol. The molecule has 2 amide bonds. The number of hydrazine groups is 1. The predicted molar refractivity (Wildman–Crippen MR) is 87.5 cm³/mol. The van der Waals surface area contributed by atoms with Crippen molar-refractivity contribution in [3.05, 3.63) is 54.6 Å². The number of hydrogen-bond donors (Lipinski definition) is 3. The number of fused-ring (bicyclic) bond motifs is 1. The first-order chi connectivity index (χ1) is 10.6. The van der Waals surface area contributed by atoms with Crippen LogP contribution < -0.4 is 16.2 Å². The Morgan fingerprint density at radius 2 is 1.77 bits per heavy atom. The zero-order chi connectivity index (χ0) is 15.6. The Kier molecular flexibility index (Phi) is 3.77. The highest BCUT2D eigenvalue weighted by Gasteiger charge is 2.45. The number of para-hydroxylation sites is 2. The first-order valence-electron chi connectivity index (χ1n) is 6.80. The van der Waals surface area contributed by atoms with Crippen LogP contribution in [0.25, 0.3) is 0 Å². The molecule has 6 heteroatoms. The van der Waals surface area contributed by atoms with Crippen LogP contribution in [0, 0.1) is 0 Å². The molecule has 0 saturated heterocycles. The van der Waals surface area contributed by atoms with Gasteiger partial charge in [-0.2, -0.15) is 0 Å². The molecule has 112 valence electrons. The van der Waals surface area contributed by atoms with Crippen molar-refractivity contribution >= 4 is 35.0 Å². The number of anilines is 2. The first-order valence-corrected chi connectivity index (χ1v) is 7.62. The maximum absolute atomic E-state index is 12.5. The topological polar surface area (TPSA) is 70.2 Å². The Hall–Kier alpha value is -2.47. The summed E-state index contributed by atoms with van der Waals surface area (Å²) in [6.07, 6.45) is 0. The minimum absolute atomic E-state index is 0.330. The zero-order valence-electron chi connectivity index (χ0n) is 11.9. The normalized spacial score (nSPS) is 19.8. The molecule has 0 fully saturated rings. The van der Waals surface area contributed by atoms with E-state index in [1.807, 2.05) is 54.6 Å². The molecule has 22 heavy (non-hydrogen) atoms. The number of carbonyl (C=O) groups is 2. The first kappa shape index (κ1) is 14.5. The minimum Gasteiger partial charge on any atom is -0.323 e.